The summed E-state index contributed by atoms with van der Waals surface area (Å²) in [4.78, 5) is 26.1. The first kappa shape index (κ1) is 21.0. The number of benzene rings is 3. The Morgan fingerprint density at radius 1 is 0.968 bits per heavy atom. The van der Waals surface area contributed by atoms with E-state index in [1.807, 2.05) is 0 Å². The zero-order chi connectivity index (χ0) is 22.1. The maximum Gasteiger partial charge on any atom is 0.261 e. The monoisotopic (exact) mass is 439 g/mol. The van der Waals surface area contributed by atoms with Gasteiger partial charge in [-0.15, -0.1) is 0 Å². The van der Waals surface area contributed by atoms with Gasteiger partial charge in [-0.2, -0.15) is 0 Å². The van der Waals surface area contributed by atoms with Crippen LogP contribution in [0.25, 0.3) is 11.1 Å². The van der Waals surface area contributed by atoms with Gasteiger partial charge >= 0.3 is 0 Å². The molecule has 0 bridgehead atoms. The van der Waals surface area contributed by atoms with Gasteiger partial charge in [0.1, 0.15) is 11.6 Å². The maximum absolute atomic E-state index is 14.4. The second-order valence-corrected chi connectivity index (χ2v) is 7.66. The molecule has 0 saturated carbocycles. The topological polar surface area (TPSA) is 66.8 Å². The molecule has 0 aromatic heterocycles. The van der Waals surface area contributed by atoms with Crippen LogP contribution in [0.3, 0.4) is 0 Å². The van der Waals surface area contributed by atoms with Gasteiger partial charge in [0.15, 0.2) is 0 Å². The van der Waals surface area contributed by atoms with Crippen LogP contribution in [0.15, 0.2) is 60.7 Å². The first-order valence-electron chi connectivity index (χ1n) is 9.65. The highest BCUT2D eigenvalue weighted by molar-refractivity contribution is 6.33. The lowest BCUT2D eigenvalue weighted by Gasteiger charge is -2.21. The summed E-state index contributed by atoms with van der Waals surface area (Å²) in [7, 11) is 1.45. The highest BCUT2D eigenvalue weighted by atomic mass is 35.5. The van der Waals surface area contributed by atoms with Gasteiger partial charge in [0.05, 0.1) is 30.9 Å². The van der Waals surface area contributed by atoms with Crippen molar-refractivity contribution in [1.29, 1.82) is 0 Å². The number of β-amino-alcohol motifs (C(OH)–C–C–N with tert-alkyl or cyclic N) is 1. The van der Waals surface area contributed by atoms with E-state index in [-0.39, 0.29) is 13.0 Å². The van der Waals surface area contributed by atoms with Gasteiger partial charge < -0.3 is 9.84 Å². The summed E-state index contributed by atoms with van der Waals surface area (Å²) in [5.41, 5.74) is 2.07. The molecule has 2 amide bonds. The predicted octanol–water partition coefficient (Wildman–Crippen LogP) is 4.35. The Kier molecular flexibility index (Phi) is 5.76. The number of aliphatic hydroxyl groups excluding tert-OH is 1. The van der Waals surface area contributed by atoms with Gasteiger partial charge in [0.25, 0.3) is 11.8 Å². The number of fused-ring (bicyclic) bond motifs is 1. The minimum Gasteiger partial charge on any atom is -0.496 e. The second kappa shape index (κ2) is 8.49. The number of methoxy groups -OCH3 is 1. The van der Waals surface area contributed by atoms with Crippen molar-refractivity contribution in [1.82, 2.24) is 4.90 Å². The van der Waals surface area contributed by atoms with Crippen LogP contribution in [0, 0.1) is 5.82 Å². The molecule has 158 valence electrons. The SMILES string of the molecule is COc1c(C[C@H](O)CN2C(=O)c3ccccc3C2=O)cc(F)cc1-c1ccccc1Cl. The highest BCUT2D eigenvalue weighted by Gasteiger charge is 2.36. The molecule has 1 N–H and O–H groups in total. The molecule has 1 aliphatic rings. The van der Waals surface area contributed by atoms with Crippen LogP contribution in [-0.2, 0) is 6.42 Å². The number of rotatable bonds is 6. The smallest absolute Gasteiger partial charge is 0.261 e. The summed E-state index contributed by atoms with van der Waals surface area (Å²) in [6.45, 7) is -0.215. The molecule has 1 atom stereocenters. The van der Waals surface area contributed by atoms with Crippen LogP contribution in [0.2, 0.25) is 5.02 Å². The second-order valence-electron chi connectivity index (χ2n) is 7.25. The number of hydrogen-bond donors (Lipinski definition) is 1. The van der Waals surface area contributed by atoms with Gasteiger partial charge in [-0.25, -0.2) is 4.39 Å². The van der Waals surface area contributed by atoms with Gasteiger partial charge in [-0.05, 0) is 30.3 Å². The molecular formula is C24H19ClFNO4. The summed E-state index contributed by atoms with van der Waals surface area (Å²) >= 11 is 6.28. The van der Waals surface area contributed by atoms with E-state index in [1.165, 1.54) is 19.2 Å². The van der Waals surface area contributed by atoms with Gasteiger partial charge in [-0.3, -0.25) is 14.5 Å². The number of carbonyl (C=O) groups is 2. The summed E-state index contributed by atoms with van der Waals surface area (Å²) in [6.07, 6.45) is -1.14. The van der Waals surface area contributed by atoms with Crippen LogP contribution >= 0.6 is 11.6 Å². The predicted molar refractivity (Wildman–Crippen MR) is 115 cm³/mol. The minimum atomic E-state index is -1.11. The Hall–Kier alpha value is -3.22. The summed E-state index contributed by atoms with van der Waals surface area (Å²) in [6, 6.07) is 16.1. The van der Waals surface area contributed by atoms with E-state index in [4.69, 9.17) is 16.3 Å². The number of imide groups is 1. The molecule has 0 radical (unpaired) electrons. The molecular weight excluding hydrogens is 421 g/mol. The molecule has 3 aromatic carbocycles. The van der Waals surface area contributed by atoms with Crippen molar-refractivity contribution < 1.29 is 23.8 Å². The fourth-order valence-electron chi connectivity index (χ4n) is 3.86. The number of aliphatic hydroxyl groups is 1. The van der Waals surface area contributed by atoms with E-state index >= 15 is 0 Å². The number of amides is 2. The van der Waals surface area contributed by atoms with Gasteiger partial charge in [0, 0.05) is 28.1 Å². The molecule has 0 fully saturated rings. The molecule has 3 aromatic rings. The van der Waals surface area contributed by atoms with Crippen molar-refractivity contribution in [3.63, 3.8) is 0 Å². The molecule has 7 heteroatoms. The van der Waals surface area contributed by atoms with E-state index < -0.39 is 23.7 Å². The molecule has 1 heterocycles. The third-order valence-corrected chi connectivity index (χ3v) is 5.56. The first-order chi connectivity index (χ1) is 14.9. The van der Waals surface area contributed by atoms with Crippen LogP contribution < -0.4 is 4.74 Å². The van der Waals surface area contributed by atoms with Crippen molar-refractivity contribution in [2.45, 2.75) is 12.5 Å². The molecule has 4 rings (SSSR count). The standard InChI is InChI=1S/C24H19ClFNO4/c1-31-22-14(10-15(26)12-20(22)17-6-4-5-9-21(17)25)11-16(28)13-27-23(29)18-7-2-3-8-19(18)24(27)30/h2-10,12,16,28H,11,13H2,1H3/t16-/m0/s1. The van der Waals surface area contributed by atoms with Crippen molar-refractivity contribution in [2.75, 3.05) is 13.7 Å². The van der Waals surface area contributed by atoms with Crippen LogP contribution in [0.4, 0.5) is 4.39 Å². The zero-order valence-corrected chi connectivity index (χ0v) is 17.4. The van der Waals surface area contributed by atoms with Crippen LogP contribution in [0.1, 0.15) is 26.3 Å². The highest BCUT2D eigenvalue weighted by Crippen LogP contribution is 2.38. The molecule has 5 nitrogen and oxygen atoms in total. The fraction of sp³-hybridized carbons (Fsp3) is 0.167. The third kappa shape index (κ3) is 3.92. The Morgan fingerprint density at radius 3 is 2.13 bits per heavy atom. The Balaban J connectivity index is 1.61. The van der Waals surface area contributed by atoms with E-state index in [0.717, 1.165) is 4.90 Å². The normalized spacial score (nSPS) is 14.0. The van der Waals surface area contributed by atoms with E-state index in [9.17, 15) is 19.1 Å². The van der Waals surface area contributed by atoms with E-state index in [0.29, 0.717) is 38.6 Å². The molecule has 0 saturated heterocycles. The maximum atomic E-state index is 14.4. The summed E-state index contributed by atoms with van der Waals surface area (Å²) in [5, 5.41) is 11.1. The number of carbonyl (C=O) groups excluding carboxylic acids is 2. The van der Waals surface area contributed by atoms with Gasteiger partial charge in [0.2, 0.25) is 0 Å². The van der Waals surface area contributed by atoms with Crippen LogP contribution in [0.5, 0.6) is 5.75 Å². The Morgan fingerprint density at radius 2 is 1.55 bits per heavy atom. The zero-order valence-electron chi connectivity index (χ0n) is 16.6. The molecule has 0 unspecified atom stereocenters. The fourth-order valence-corrected chi connectivity index (χ4v) is 4.09. The average molecular weight is 440 g/mol. The molecule has 0 aliphatic carbocycles. The van der Waals surface area contributed by atoms with Crippen molar-refractivity contribution >= 4 is 23.4 Å². The summed E-state index contributed by atoms with van der Waals surface area (Å²) < 4.78 is 19.9. The third-order valence-electron chi connectivity index (χ3n) is 5.23. The number of ether oxygens (including phenoxy) is 1. The van der Waals surface area contributed by atoms with E-state index in [2.05, 4.69) is 0 Å². The lowest BCUT2D eigenvalue weighted by atomic mass is 9.97. The number of hydrogen-bond acceptors (Lipinski definition) is 4. The van der Waals surface area contributed by atoms with Crippen molar-refractivity contribution in [3.05, 3.63) is 88.2 Å². The Bertz CT molecular complexity index is 1140. The van der Waals surface area contributed by atoms with E-state index in [1.54, 1.807) is 48.5 Å². The molecule has 31 heavy (non-hydrogen) atoms. The number of nitrogens with zero attached hydrogens (tertiary/aromatic N) is 1. The molecule has 0 spiro atoms. The van der Waals surface area contributed by atoms with Crippen molar-refractivity contribution in [2.24, 2.45) is 0 Å². The van der Waals surface area contributed by atoms with Gasteiger partial charge in [-0.1, -0.05) is 41.9 Å². The lowest BCUT2D eigenvalue weighted by Crippen LogP contribution is -2.37. The van der Waals surface area contributed by atoms with Crippen LogP contribution in [-0.4, -0.2) is 41.6 Å². The summed E-state index contributed by atoms with van der Waals surface area (Å²) in [5.74, 6) is -1.06. The average Bonchev–Trinajstić information content (AvgIpc) is 2.99. The van der Waals surface area contributed by atoms with Crippen molar-refractivity contribution in [3.8, 4) is 16.9 Å². The largest absolute Gasteiger partial charge is 0.496 e. The minimum absolute atomic E-state index is 0.0220. The lowest BCUT2D eigenvalue weighted by molar-refractivity contribution is 0.0543. The quantitative estimate of drug-likeness (QED) is 0.580. The number of halogens is 2. The molecule has 1 aliphatic heterocycles. The Labute approximate surface area is 183 Å². The first-order valence-corrected chi connectivity index (χ1v) is 10.0.